The number of methoxy groups -OCH3 is 1. The maximum absolute atomic E-state index is 11.0. The van der Waals surface area contributed by atoms with Gasteiger partial charge in [-0.05, 0) is 13.3 Å². The predicted octanol–water partition coefficient (Wildman–Crippen LogP) is 0.484. The highest BCUT2D eigenvalue weighted by molar-refractivity contribution is 5.78. The minimum absolute atomic E-state index is 0.119. The fraction of sp³-hybridized carbons (Fsp3) is 0.545. The smallest absolute Gasteiger partial charge is 0.220 e. The molecular formula is C11H16N4O2. The van der Waals surface area contributed by atoms with Crippen molar-refractivity contribution in [3.05, 3.63) is 11.9 Å². The number of hydrogen-bond donors (Lipinski definition) is 2. The van der Waals surface area contributed by atoms with Crippen molar-refractivity contribution in [2.75, 3.05) is 19.0 Å². The Labute approximate surface area is 99.8 Å². The zero-order valence-electron chi connectivity index (χ0n) is 9.99. The number of carbonyl (C=O) groups is 1. The van der Waals surface area contributed by atoms with Gasteiger partial charge in [-0.2, -0.15) is 4.98 Å². The minimum Gasteiger partial charge on any atom is -0.481 e. The van der Waals surface area contributed by atoms with Crippen LogP contribution in [-0.4, -0.2) is 35.6 Å². The van der Waals surface area contributed by atoms with Crippen molar-refractivity contribution in [2.45, 2.75) is 25.8 Å². The van der Waals surface area contributed by atoms with Gasteiger partial charge in [-0.1, -0.05) is 0 Å². The number of rotatable bonds is 4. The summed E-state index contributed by atoms with van der Waals surface area (Å²) in [7, 11) is 1.57. The molecular weight excluding hydrogens is 220 g/mol. The van der Waals surface area contributed by atoms with E-state index in [0.717, 1.165) is 12.2 Å². The van der Waals surface area contributed by atoms with Gasteiger partial charge in [-0.3, -0.25) is 4.79 Å². The lowest BCUT2D eigenvalue weighted by Gasteiger charge is -2.12. The largest absolute Gasteiger partial charge is 0.481 e. The van der Waals surface area contributed by atoms with Crippen molar-refractivity contribution >= 4 is 11.7 Å². The molecule has 0 spiro atoms. The van der Waals surface area contributed by atoms with Crippen molar-refractivity contribution in [1.82, 2.24) is 15.3 Å². The summed E-state index contributed by atoms with van der Waals surface area (Å²) in [4.78, 5) is 19.4. The van der Waals surface area contributed by atoms with Crippen molar-refractivity contribution in [1.29, 1.82) is 0 Å². The summed E-state index contributed by atoms with van der Waals surface area (Å²) >= 11 is 0. The molecule has 6 heteroatoms. The van der Waals surface area contributed by atoms with Crippen LogP contribution < -0.4 is 15.4 Å². The van der Waals surface area contributed by atoms with E-state index in [2.05, 4.69) is 20.6 Å². The van der Waals surface area contributed by atoms with Crippen molar-refractivity contribution < 1.29 is 9.53 Å². The highest BCUT2D eigenvalue weighted by Gasteiger charge is 2.20. The number of aryl methyl sites for hydroxylation is 1. The summed E-state index contributed by atoms with van der Waals surface area (Å²) in [5.74, 6) is 2.03. The quantitative estimate of drug-likeness (QED) is 0.795. The molecule has 1 unspecified atom stereocenters. The van der Waals surface area contributed by atoms with Crippen LogP contribution in [0.2, 0.25) is 0 Å². The summed E-state index contributed by atoms with van der Waals surface area (Å²) in [6.07, 6.45) is 1.48. The molecule has 1 aliphatic heterocycles. The normalized spacial score (nSPS) is 18.9. The molecule has 1 aliphatic rings. The minimum atomic E-state index is 0.119. The second-order valence-electron chi connectivity index (χ2n) is 4.03. The third kappa shape index (κ3) is 3.05. The van der Waals surface area contributed by atoms with Crippen LogP contribution in [0.5, 0.6) is 5.88 Å². The van der Waals surface area contributed by atoms with Gasteiger partial charge in [0.1, 0.15) is 11.6 Å². The van der Waals surface area contributed by atoms with Crippen LogP contribution in [0.15, 0.2) is 6.07 Å². The fourth-order valence-electron chi connectivity index (χ4n) is 1.79. The summed E-state index contributed by atoms with van der Waals surface area (Å²) in [6, 6.07) is 1.92. The van der Waals surface area contributed by atoms with E-state index in [-0.39, 0.29) is 11.9 Å². The highest BCUT2D eigenvalue weighted by atomic mass is 16.5. The van der Waals surface area contributed by atoms with E-state index in [9.17, 15) is 4.79 Å². The molecule has 1 fully saturated rings. The molecule has 1 amide bonds. The van der Waals surface area contributed by atoms with E-state index in [1.807, 2.05) is 6.92 Å². The van der Waals surface area contributed by atoms with Crippen LogP contribution in [-0.2, 0) is 4.79 Å². The second kappa shape index (κ2) is 4.99. The third-order valence-electron chi connectivity index (χ3n) is 2.64. The van der Waals surface area contributed by atoms with Gasteiger partial charge in [0.05, 0.1) is 7.11 Å². The molecule has 17 heavy (non-hydrogen) atoms. The van der Waals surface area contributed by atoms with Crippen LogP contribution in [0.1, 0.15) is 18.7 Å². The monoisotopic (exact) mass is 236 g/mol. The summed E-state index contributed by atoms with van der Waals surface area (Å²) in [6.45, 7) is 2.48. The number of anilines is 1. The van der Waals surface area contributed by atoms with Crippen LogP contribution in [0.3, 0.4) is 0 Å². The molecule has 1 saturated heterocycles. The molecule has 0 saturated carbocycles. The average molecular weight is 236 g/mol. The van der Waals surface area contributed by atoms with Crippen LogP contribution >= 0.6 is 0 Å². The molecule has 0 aliphatic carbocycles. The lowest BCUT2D eigenvalue weighted by atomic mass is 10.2. The zero-order valence-corrected chi connectivity index (χ0v) is 9.99. The number of amides is 1. The van der Waals surface area contributed by atoms with Crippen molar-refractivity contribution in [3.8, 4) is 5.88 Å². The first-order valence-electron chi connectivity index (χ1n) is 5.60. The number of carbonyl (C=O) groups excluding carboxylic acids is 1. The van der Waals surface area contributed by atoms with Crippen LogP contribution in [0, 0.1) is 6.92 Å². The predicted molar refractivity (Wildman–Crippen MR) is 63.0 cm³/mol. The van der Waals surface area contributed by atoms with Gasteiger partial charge in [0.2, 0.25) is 11.8 Å². The lowest BCUT2D eigenvalue weighted by Crippen LogP contribution is -2.32. The summed E-state index contributed by atoms with van der Waals surface area (Å²) < 4.78 is 5.06. The molecule has 1 aromatic heterocycles. The first-order valence-corrected chi connectivity index (χ1v) is 5.60. The van der Waals surface area contributed by atoms with Gasteiger partial charge in [0.15, 0.2) is 0 Å². The SMILES string of the molecule is COc1cc(NCC2CCC(=O)N2)nc(C)n1. The molecule has 1 atom stereocenters. The van der Waals surface area contributed by atoms with Gasteiger partial charge in [0, 0.05) is 25.1 Å². The first kappa shape index (κ1) is 11.6. The second-order valence-corrected chi connectivity index (χ2v) is 4.03. The fourth-order valence-corrected chi connectivity index (χ4v) is 1.79. The Morgan fingerprint density at radius 3 is 3.06 bits per heavy atom. The van der Waals surface area contributed by atoms with E-state index in [4.69, 9.17) is 4.74 Å². The van der Waals surface area contributed by atoms with E-state index in [1.54, 1.807) is 13.2 Å². The summed E-state index contributed by atoms with van der Waals surface area (Å²) in [5, 5.41) is 6.07. The number of nitrogens with zero attached hydrogens (tertiary/aromatic N) is 2. The van der Waals surface area contributed by atoms with E-state index >= 15 is 0 Å². The van der Waals surface area contributed by atoms with Gasteiger partial charge in [-0.25, -0.2) is 4.98 Å². The molecule has 1 aromatic rings. The molecule has 0 aromatic carbocycles. The summed E-state index contributed by atoms with van der Waals surface area (Å²) in [5.41, 5.74) is 0. The van der Waals surface area contributed by atoms with Crippen LogP contribution in [0.4, 0.5) is 5.82 Å². The number of hydrogen-bond acceptors (Lipinski definition) is 5. The Morgan fingerprint density at radius 2 is 2.41 bits per heavy atom. The number of nitrogens with one attached hydrogen (secondary N) is 2. The van der Waals surface area contributed by atoms with Gasteiger partial charge in [-0.15, -0.1) is 0 Å². The Kier molecular flexibility index (Phi) is 3.41. The number of ether oxygens (including phenoxy) is 1. The molecule has 92 valence electrons. The van der Waals surface area contributed by atoms with E-state index in [0.29, 0.717) is 24.7 Å². The maximum Gasteiger partial charge on any atom is 0.220 e. The molecule has 0 bridgehead atoms. The average Bonchev–Trinajstić information content (AvgIpc) is 2.72. The van der Waals surface area contributed by atoms with Crippen LogP contribution in [0.25, 0.3) is 0 Å². The van der Waals surface area contributed by atoms with Gasteiger partial charge >= 0.3 is 0 Å². The Hall–Kier alpha value is -1.85. The zero-order chi connectivity index (χ0) is 12.3. The Morgan fingerprint density at radius 1 is 1.59 bits per heavy atom. The molecule has 2 N–H and O–H groups in total. The molecule has 0 radical (unpaired) electrons. The Balaban J connectivity index is 1.94. The highest BCUT2D eigenvalue weighted by Crippen LogP contribution is 2.13. The number of aromatic nitrogens is 2. The van der Waals surface area contributed by atoms with E-state index in [1.165, 1.54) is 0 Å². The molecule has 6 nitrogen and oxygen atoms in total. The lowest BCUT2D eigenvalue weighted by molar-refractivity contribution is -0.119. The van der Waals surface area contributed by atoms with E-state index < -0.39 is 0 Å². The van der Waals surface area contributed by atoms with Gasteiger partial charge < -0.3 is 15.4 Å². The Bertz CT molecular complexity index is 422. The third-order valence-corrected chi connectivity index (χ3v) is 2.64. The maximum atomic E-state index is 11.0. The molecule has 2 rings (SSSR count). The van der Waals surface area contributed by atoms with Gasteiger partial charge in [0.25, 0.3) is 0 Å². The standard InChI is InChI=1S/C11H16N4O2/c1-7-13-9(5-11(14-7)17-2)12-6-8-3-4-10(16)15-8/h5,8H,3-4,6H2,1-2H3,(H,15,16)(H,12,13,14). The first-order chi connectivity index (χ1) is 8.17. The topological polar surface area (TPSA) is 76.1 Å². The van der Waals surface area contributed by atoms with Crippen molar-refractivity contribution in [2.24, 2.45) is 0 Å². The van der Waals surface area contributed by atoms with Crippen molar-refractivity contribution in [3.63, 3.8) is 0 Å². The molecule has 2 heterocycles.